The molecule has 1 saturated carbocycles. The molecule has 0 aromatic heterocycles. The Bertz CT molecular complexity index is 619. The van der Waals surface area contributed by atoms with E-state index in [1.54, 1.807) is 19.2 Å². The Morgan fingerprint density at radius 3 is 2.10 bits per heavy atom. The van der Waals surface area contributed by atoms with E-state index < -0.39 is 0 Å². The van der Waals surface area contributed by atoms with E-state index in [-0.39, 0.29) is 35.5 Å². The third-order valence-electron chi connectivity index (χ3n) is 5.09. The molecule has 0 unspecified atom stereocenters. The quantitative estimate of drug-likeness (QED) is 0.618. The fourth-order valence-electron chi connectivity index (χ4n) is 4.13. The number of fused-ring (bicyclic) bond motifs is 1. The number of imide groups is 1. The molecule has 1 aromatic rings. The molecule has 0 radical (unpaired) electrons. The molecule has 4 aliphatic rings. The van der Waals surface area contributed by atoms with Gasteiger partial charge in [-0.1, -0.05) is 24.3 Å². The van der Waals surface area contributed by atoms with Crippen LogP contribution in [0.4, 0.5) is 5.69 Å². The summed E-state index contributed by atoms with van der Waals surface area (Å²) in [4.78, 5) is 27.0. The van der Waals surface area contributed by atoms with Crippen molar-refractivity contribution in [2.75, 3.05) is 12.0 Å². The minimum Gasteiger partial charge on any atom is -0.495 e. The van der Waals surface area contributed by atoms with Crippen molar-refractivity contribution in [2.24, 2.45) is 23.7 Å². The Hall–Kier alpha value is -2.10. The number of rotatable bonds is 2. The fraction of sp³-hybridized carbons (Fsp3) is 0.412. The summed E-state index contributed by atoms with van der Waals surface area (Å²) in [5.41, 5.74) is 0.573. The second-order valence-corrected chi connectivity index (χ2v) is 6.03. The third kappa shape index (κ3) is 1.62. The van der Waals surface area contributed by atoms with Gasteiger partial charge in [0.1, 0.15) is 5.75 Å². The molecular weight excluding hydrogens is 266 g/mol. The number of carbonyl (C=O) groups excluding carboxylic acids is 2. The average molecular weight is 283 g/mol. The number of para-hydroxylation sites is 2. The maximum absolute atomic E-state index is 12.8. The number of amides is 2. The largest absolute Gasteiger partial charge is 0.495 e. The van der Waals surface area contributed by atoms with Crippen LogP contribution in [0, 0.1) is 23.7 Å². The van der Waals surface area contributed by atoms with E-state index in [2.05, 4.69) is 12.2 Å². The molecule has 4 atom stereocenters. The summed E-state index contributed by atoms with van der Waals surface area (Å²) in [5, 5.41) is 0. The van der Waals surface area contributed by atoms with E-state index in [9.17, 15) is 9.59 Å². The molecule has 1 aromatic carbocycles. The maximum atomic E-state index is 12.8. The van der Waals surface area contributed by atoms with E-state index in [4.69, 9.17) is 4.74 Å². The van der Waals surface area contributed by atoms with Crippen LogP contribution in [0.5, 0.6) is 5.75 Å². The molecule has 2 fully saturated rings. The van der Waals surface area contributed by atoms with Gasteiger partial charge in [-0.15, -0.1) is 0 Å². The molecule has 108 valence electrons. The first-order valence-corrected chi connectivity index (χ1v) is 7.41. The zero-order chi connectivity index (χ0) is 14.6. The smallest absolute Gasteiger partial charge is 0.238 e. The van der Waals surface area contributed by atoms with Crippen LogP contribution >= 0.6 is 0 Å². The molecule has 3 aliphatic carbocycles. The maximum Gasteiger partial charge on any atom is 0.238 e. The lowest BCUT2D eigenvalue weighted by atomic mass is 9.63. The number of allylic oxidation sites excluding steroid dienone is 2. The van der Waals surface area contributed by atoms with Gasteiger partial charge in [-0.2, -0.15) is 0 Å². The number of hydrogen-bond donors (Lipinski definition) is 0. The topological polar surface area (TPSA) is 46.6 Å². The van der Waals surface area contributed by atoms with E-state index in [1.165, 1.54) is 4.90 Å². The number of carbonyl (C=O) groups is 2. The van der Waals surface area contributed by atoms with Crippen molar-refractivity contribution in [3.8, 4) is 5.75 Å². The highest BCUT2D eigenvalue weighted by Gasteiger charge is 2.57. The molecule has 1 saturated heterocycles. The van der Waals surface area contributed by atoms with Crippen LogP contribution in [0.25, 0.3) is 0 Å². The predicted octanol–water partition coefficient (Wildman–Crippen LogP) is 2.40. The van der Waals surface area contributed by atoms with Crippen LogP contribution in [0.3, 0.4) is 0 Å². The Morgan fingerprint density at radius 2 is 1.57 bits per heavy atom. The molecule has 1 aliphatic heterocycles. The summed E-state index contributed by atoms with van der Waals surface area (Å²) in [5.74, 6) is 0.532. The fourth-order valence-corrected chi connectivity index (χ4v) is 4.13. The van der Waals surface area contributed by atoms with E-state index >= 15 is 0 Å². The molecule has 4 heteroatoms. The molecule has 21 heavy (non-hydrogen) atoms. The van der Waals surface area contributed by atoms with Crippen LogP contribution in [-0.4, -0.2) is 18.9 Å². The predicted molar refractivity (Wildman–Crippen MR) is 77.8 cm³/mol. The minimum absolute atomic E-state index is 0.0615. The van der Waals surface area contributed by atoms with Crippen molar-refractivity contribution in [1.29, 1.82) is 0 Å². The molecule has 5 rings (SSSR count). The van der Waals surface area contributed by atoms with Crippen LogP contribution in [-0.2, 0) is 9.59 Å². The van der Waals surface area contributed by atoms with Crippen molar-refractivity contribution in [3.05, 3.63) is 36.4 Å². The number of methoxy groups -OCH3 is 1. The summed E-state index contributed by atoms with van der Waals surface area (Å²) in [6, 6.07) is 7.23. The Labute approximate surface area is 123 Å². The van der Waals surface area contributed by atoms with Gasteiger partial charge in [0.25, 0.3) is 0 Å². The van der Waals surface area contributed by atoms with Gasteiger partial charge < -0.3 is 4.74 Å². The van der Waals surface area contributed by atoms with Gasteiger partial charge in [-0.3, -0.25) is 9.59 Å². The highest BCUT2D eigenvalue weighted by atomic mass is 16.5. The number of ether oxygens (including phenoxy) is 1. The molecular formula is C17H17NO3. The first-order chi connectivity index (χ1) is 10.2. The summed E-state index contributed by atoms with van der Waals surface area (Å²) in [6.07, 6.45) is 6.29. The van der Waals surface area contributed by atoms with Crippen molar-refractivity contribution >= 4 is 17.5 Å². The number of anilines is 1. The van der Waals surface area contributed by atoms with E-state index in [0.717, 1.165) is 12.8 Å². The Morgan fingerprint density at radius 1 is 1.00 bits per heavy atom. The lowest BCUT2D eigenvalue weighted by Gasteiger charge is -2.38. The van der Waals surface area contributed by atoms with Gasteiger partial charge in [-0.05, 0) is 36.8 Å². The zero-order valence-electron chi connectivity index (χ0n) is 11.9. The van der Waals surface area contributed by atoms with Gasteiger partial charge in [-0.25, -0.2) is 4.90 Å². The second kappa shape index (κ2) is 4.45. The number of nitrogens with zero attached hydrogens (tertiary/aromatic N) is 1. The summed E-state index contributed by atoms with van der Waals surface area (Å²) < 4.78 is 5.32. The SMILES string of the molecule is COc1ccccc1N1C(=O)[C@@H]2[C@@H](C1=O)[C@@H]1C=C[C@@H]2CC1. The zero-order valence-corrected chi connectivity index (χ0v) is 11.9. The normalized spacial score (nSPS) is 33.5. The highest BCUT2D eigenvalue weighted by Crippen LogP contribution is 2.51. The Balaban J connectivity index is 1.79. The Kier molecular flexibility index (Phi) is 2.67. The molecule has 4 nitrogen and oxygen atoms in total. The molecule has 2 bridgehead atoms. The minimum atomic E-state index is -0.175. The first-order valence-electron chi connectivity index (χ1n) is 7.41. The summed E-state index contributed by atoms with van der Waals surface area (Å²) in [6.45, 7) is 0. The van der Waals surface area contributed by atoms with Crippen LogP contribution in [0.2, 0.25) is 0 Å². The third-order valence-corrected chi connectivity index (χ3v) is 5.09. The van der Waals surface area contributed by atoms with Gasteiger partial charge in [0, 0.05) is 0 Å². The average Bonchev–Trinajstić information content (AvgIpc) is 2.82. The molecule has 2 amide bonds. The lowest BCUT2D eigenvalue weighted by molar-refractivity contribution is -0.124. The summed E-state index contributed by atoms with van der Waals surface area (Å²) >= 11 is 0. The molecule has 1 heterocycles. The second-order valence-electron chi connectivity index (χ2n) is 6.03. The monoisotopic (exact) mass is 283 g/mol. The first kappa shape index (κ1) is 12.6. The van der Waals surface area contributed by atoms with Gasteiger partial charge >= 0.3 is 0 Å². The molecule has 0 N–H and O–H groups in total. The lowest BCUT2D eigenvalue weighted by Crippen LogP contribution is -2.38. The van der Waals surface area contributed by atoms with E-state index in [1.807, 2.05) is 12.1 Å². The van der Waals surface area contributed by atoms with Crippen molar-refractivity contribution in [1.82, 2.24) is 0 Å². The van der Waals surface area contributed by atoms with Crippen LogP contribution in [0.1, 0.15) is 12.8 Å². The van der Waals surface area contributed by atoms with Crippen molar-refractivity contribution in [2.45, 2.75) is 12.8 Å². The number of benzene rings is 1. The van der Waals surface area contributed by atoms with E-state index in [0.29, 0.717) is 11.4 Å². The van der Waals surface area contributed by atoms with Gasteiger partial charge in [0.15, 0.2) is 0 Å². The van der Waals surface area contributed by atoms with Gasteiger partial charge in [0.05, 0.1) is 24.6 Å². The van der Waals surface area contributed by atoms with Gasteiger partial charge in [0.2, 0.25) is 11.8 Å². The highest BCUT2D eigenvalue weighted by molar-refractivity contribution is 6.23. The van der Waals surface area contributed by atoms with Crippen molar-refractivity contribution < 1.29 is 14.3 Å². The summed E-state index contributed by atoms with van der Waals surface area (Å²) in [7, 11) is 1.56. The molecule has 0 spiro atoms. The number of hydrogen-bond acceptors (Lipinski definition) is 3. The van der Waals surface area contributed by atoms with Crippen molar-refractivity contribution in [3.63, 3.8) is 0 Å². The van der Waals surface area contributed by atoms with Crippen LogP contribution < -0.4 is 9.64 Å². The van der Waals surface area contributed by atoms with Crippen LogP contribution in [0.15, 0.2) is 36.4 Å². The standard InChI is InChI=1S/C17H17NO3/c1-21-13-5-3-2-4-12(13)18-16(19)14-10-6-7-11(9-8-10)15(14)17(18)20/h2-7,10-11,14-15H,8-9H2,1H3/t10-,11-,14+,15+/m1/s1.